The van der Waals surface area contributed by atoms with E-state index in [2.05, 4.69) is 20.9 Å². The lowest BCUT2D eigenvalue weighted by molar-refractivity contribution is 0.0788. The van der Waals surface area contributed by atoms with Gasteiger partial charge in [-0.25, -0.2) is 0 Å². The van der Waals surface area contributed by atoms with Gasteiger partial charge in [0.15, 0.2) is 0 Å². The zero-order chi connectivity index (χ0) is 15.0. The standard InChI is InChI=1S/C15H14BrN3OS/c1-19(7-11-4-9(16)8-21-11)15(20)13-6-18-14-5-10(17)2-3-12(13)14/h2-6,8,18H,7,17H2,1H3. The quantitative estimate of drug-likeness (QED) is 0.694. The summed E-state index contributed by atoms with van der Waals surface area (Å²) in [5.41, 5.74) is 7.99. The maximum atomic E-state index is 12.6. The van der Waals surface area contributed by atoms with Crippen LogP contribution in [-0.2, 0) is 6.54 Å². The van der Waals surface area contributed by atoms with Crippen molar-refractivity contribution in [1.82, 2.24) is 9.88 Å². The summed E-state index contributed by atoms with van der Waals surface area (Å²) in [4.78, 5) is 18.5. The van der Waals surface area contributed by atoms with Gasteiger partial charge < -0.3 is 15.6 Å². The van der Waals surface area contributed by atoms with E-state index in [-0.39, 0.29) is 5.91 Å². The molecule has 0 radical (unpaired) electrons. The van der Waals surface area contributed by atoms with Gasteiger partial charge in [-0.1, -0.05) is 0 Å². The number of benzene rings is 1. The number of nitrogens with one attached hydrogen (secondary N) is 1. The van der Waals surface area contributed by atoms with Gasteiger partial charge in [0.25, 0.3) is 5.91 Å². The van der Waals surface area contributed by atoms with Crippen LogP contribution in [0.15, 0.2) is 40.3 Å². The number of halogens is 1. The van der Waals surface area contributed by atoms with E-state index >= 15 is 0 Å². The second kappa shape index (κ2) is 5.54. The number of thiophene rings is 1. The van der Waals surface area contributed by atoms with Gasteiger partial charge in [-0.3, -0.25) is 4.79 Å². The Morgan fingerprint density at radius 1 is 1.43 bits per heavy atom. The predicted octanol–water partition coefficient (Wildman–Crippen LogP) is 3.85. The second-order valence-corrected chi connectivity index (χ2v) is 6.81. The normalized spacial score (nSPS) is 11.0. The van der Waals surface area contributed by atoms with Gasteiger partial charge in [-0.15, -0.1) is 11.3 Å². The van der Waals surface area contributed by atoms with E-state index in [0.29, 0.717) is 17.8 Å². The highest BCUT2D eigenvalue weighted by Gasteiger charge is 2.17. The second-order valence-electron chi connectivity index (χ2n) is 4.90. The molecule has 0 unspecified atom stereocenters. The predicted molar refractivity (Wildman–Crippen MR) is 90.5 cm³/mol. The first-order valence-corrected chi connectivity index (χ1v) is 8.07. The van der Waals surface area contributed by atoms with Crippen molar-refractivity contribution >= 4 is 49.8 Å². The third-order valence-electron chi connectivity index (χ3n) is 3.30. The van der Waals surface area contributed by atoms with Gasteiger partial charge in [0, 0.05) is 44.6 Å². The highest BCUT2D eigenvalue weighted by Crippen LogP contribution is 2.24. The van der Waals surface area contributed by atoms with Crippen molar-refractivity contribution in [3.63, 3.8) is 0 Å². The van der Waals surface area contributed by atoms with Gasteiger partial charge in [0.1, 0.15) is 0 Å². The smallest absolute Gasteiger partial charge is 0.256 e. The molecule has 4 nitrogen and oxygen atoms in total. The van der Waals surface area contributed by atoms with Gasteiger partial charge in [0.2, 0.25) is 0 Å². The summed E-state index contributed by atoms with van der Waals surface area (Å²) in [5.74, 6) is -0.00413. The van der Waals surface area contributed by atoms with Gasteiger partial charge in [-0.2, -0.15) is 0 Å². The lowest BCUT2D eigenvalue weighted by Gasteiger charge is -2.15. The number of aromatic nitrogens is 1. The highest BCUT2D eigenvalue weighted by molar-refractivity contribution is 9.10. The summed E-state index contributed by atoms with van der Waals surface area (Å²) < 4.78 is 1.05. The van der Waals surface area contributed by atoms with Crippen LogP contribution in [-0.4, -0.2) is 22.8 Å². The zero-order valence-electron chi connectivity index (χ0n) is 11.4. The van der Waals surface area contributed by atoms with Crippen LogP contribution < -0.4 is 5.73 Å². The number of hydrogen-bond donors (Lipinski definition) is 2. The number of rotatable bonds is 3. The number of fused-ring (bicyclic) bond motifs is 1. The maximum Gasteiger partial charge on any atom is 0.256 e. The molecule has 0 aliphatic rings. The minimum absolute atomic E-state index is 0.00413. The number of nitrogens with two attached hydrogens (primary N) is 1. The van der Waals surface area contributed by atoms with Crippen LogP contribution in [0.2, 0.25) is 0 Å². The van der Waals surface area contributed by atoms with E-state index in [0.717, 1.165) is 20.3 Å². The third kappa shape index (κ3) is 2.82. The Hall–Kier alpha value is -1.79. The molecule has 3 aromatic rings. The summed E-state index contributed by atoms with van der Waals surface area (Å²) in [7, 11) is 1.81. The molecule has 0 aliphatic heterocycles. The zero-order valence-corrected chi connectivity index (χ0v) is 13.8. The monoisotopic (exact) mass is 363 g/mol. The van der Waals surface area contributed by atoms with Gasteiger partial charge >= 0.3 is 0 Å². The summed E-state index contributed by atoms with van der Waals surface area (Å²) in [6.07, 6.45) is 1.74. The number of hydrogen-bond acceptors (Lipinski definition) is 3. The Morgan fingerprint density at radius 3 is 2.95 bits per heavy atom. The van der Waals surface area contributed by atoms with Gasteiger partial charge in [0.05, 0.1) is 12.1 Å². The number of nitrogen functional groups attached to an aromatic ring is 1. The number of anilines is 1. The lowest BCUT2D eigenvalue weighted by Crippen LogP contribution is -2.25. The fourth-order valence-electron chi connectivity index (χ4n) is 2.27. The first-order chi connectivity index (χ1) is 10.0. The number of amides is 1. The van der Waals surface area contributed by atoms with Crippen molar-refractivity contribution in [3.05, 3.63) is 50.8 Å². The van der Waals surface area contributed by atoms with Crippen molar-refractivity contribution in [2.45, 2.75) is 6.54 Å². The fourth-order valence-corrected chi connectivity index (χ4v) is 3.77. The van der Waals surface area contributed by atoms with Crippen LogP contribution in [0.25, 0.3) is 10.9 Å². The third-order valence-corrected chi connectivity index (χ3v) is 4.98. The average Bonchev–Trinajstić information content (AvgIpc) is 3.03. The number of aromatic amines is 1. The molecule has 108 valence electrons. The molecule has 3 N–H and O–H groups in total. The molecule has 0 aliphatic carbocycles. The summed E-state index contributed by atoms with van der Waals surface area (Å²) in [5, 5.41) is 2.91. The van der Waals surface area contributed by atoms with Crippen LogP contribution in [0.4, 0.5) is 5.69 Å². The molecule has 0 spiro atoms. The molecule has 1 amide bonds. The summed E-state index contributed by atoms with van der Waals surface area (Å²) in [6, 6.07) is 7.56. The number of nitrogens with zero attached hydrogens (tertiary/aromatic N) is 1. The Labute approximate surface area is 134 Å². The number of H-pyrrole nitrogens is 1. The minimum Gasteiger partial charge on any atom is -0.399 e. The minimum atomic E-state index is -0.00413. The van der Waals surface area contributed by atoms with E-state index in [9.17, 15) is 4.79 Å². The highest BCUT2D eigenvalue weighted by atomic mass is 79.9. The van der Waals surface area contributed by atoms with Crippen LogP contribution >= 0.6 is 27.3 Å². The number of carbonyl (C=O) groups excluding carboxylic acids is 1. The van der Waals surface area contributed by atoms with Crippen molar-refractivity contribution in [1.29, 1.82) is 0 Å². The van der Waals surface area contributed by atoms with Crippen molar-refractivity contribution < 1.29 is 4.79 Å². The molecular formula is C15H14BrN3OS. The van der Waals surface area contributed by atoms with Crippen molar-refractivity contribution in [3.8, 4) is 0 Å². The van der Waals surface area contributed by atoms with E-state index in [4.69, 9.17) is 5.73 Å². The van der Waals surface area contributed by atoms with Gasteiger partial charge in [-0.05, 0) is 40.2 Å². The van der Waals surface area contributed by atoms with Crippen LogP contribution in [0.5, 0.6) is 0 Å². The Balaban J connectivity index is 1.86. The fraction of sp³-hybridized carbons (Fsp3) is 0.133. The molecule has 0 atom stereocenters. The molecule has 2 aromatic heterocycles. The van der Waals surface area contributed by atoms with Crippen LogP contribution in [0.3, 0.4) is 0 Å². The molecule has 0 bridgehead atoms. The SMILES string of the molecule is CN(Cc1cc(Br)cs1)C(=O)c1c[nH]c2cc(N)ccc12. The van der Waals surface area contributed by atoms with Crippen molar-refractivity contribution in [2.75, 3.05) is 12.8 Å². The molecule has 0 saturated carbocycles. The lowest BCUT2D eigenvalue weighted by atomic mass is 10.1. The van der Waals surface area contributed by atoms with Crippen molar-refractivity contribution in [2.24, 2.45) is 0 Å². The molecule has 2 heterocycles. The van der Waals surface area contributed by atoms with E-state index in [1.54, 1.807) is 22.4 Å². The first-order valence-electron chi connectivity index (χ1n) is 6.39. The topological polar surface area (TPSA) is 62.1 Å². The molecule has 6 heteroatoms. The summed E-state index contributed by atoms with van der Waals surface area (Å²) in [6.45, 7) is 0.594. The maximum absolute atomic E-state index is 12.6. The molecule has 21 heavy (non-hydrogen) atoms. The van der Waals surface area contributed by atoms with E-state index in [1.165, 1.54) is 0 Å². The molecular weight excluding hydrogens is 350 g/mol. The molecule has 1 aromatic carbocycles. The number of carbonyl (C=O) groups is 1. The average molecular weight is 364 g/mol. The van der Waals surface area contributed by atoms with Crippen LogP contribution in [0.1, 0.15) is 15.2 Å². The molecule has 3 rings (SSSR count). The Bertz CT molecular complexity index is 808. The first kappa shape index (κ1) is 14.2. The Kier molecular flexibility index (Phi) is 3.73. The summed E-state index contributed by atoms with van der Waals surface area (Å²) >= 11 is 5.06. The van der Waals surface area contributed by atoms with Crippen LogP contribution in [0, 0.1) is 0 Å². The Morgan fingerprint density at radius 2 is 2.24 bits per heavy atom. The molecule has 0 fully saturated rings. The largest absolute Gasteiger partial charge is 0.399 e. The molecule has 0 saturated heterocycles. The van der Waals surface area contributed by atoms with E-state index in [1.807, 2.05) is 36.7 Å². The van der Waals surface area contributed by atoms with E-state index < -0.39 is 0 Å².